The number of benzene rings is 3. The highest BCUT2D eigenvalue weighted by Crippen LogP contribution is 2.24. The Hall–Kier alpha value is -3.38. The van der Waals surface area contributed by atoms with Gasteiger partial charge < -0.3 is 14.8 Å². The minimum Gasteiger partial charge on any atom is -0.497 e. The van der Waals surface area contributed by atoms with Crippen LogP contribution in [0.2, 0.25) is 0 Å². The summed E-state index contributed by atoms with van der Waals surface area (Å²) in [7, 11) is 1.59. The van der Waals surface area contributed by atoms with Crippen LogP contribution in [0, 0.1) is 20.7 Å². The number of hydrogen-bond donors (Lipinski definition) is 1. The fourth-order valence-corrected chi connectivity index (χ4v) is 3.50. The predicted molar refractivity (Wildman–Crippen MR) is 128 cm³/mol. The second-order valence-corrected chi connectivity index (χ2v) is 7.97. The van der Waals surface area contributed by atoms with Crippen molar-refractivity contribution < 1.29 is 18.7 Å². The molecular formula is C25H20FIN2O3. The second-order valence-electron chi connectivity index (χ2n) is 6.81. The van der Waals surface area contributed by atoms with Crippen LogP contribution in [0.1, 0.15) is 16.7 Å². The van der Waals surface area contributed by atoms with Crippen molar-refractivity contribution in [2.75, 3.05) is 7.11 Å². The molecule has 0 saturated heterocycles. The largest absolute Gasteiger partial charge is 0.497 e. The summed E-state index contributed by atoms with van der Waals surface area (Å²) in [6, 6.07) is 20.8. The standard InChI is InChI=1S/C25H20FIN2O3/c1-31-22-9-4-17(5-10-22)15-29-25(30)20(14-28)12-19-6-11-24(23(27)13-19)32-16-18-2-7-21(26)8-3-18/h2-13H,15-16H2,1H3,(H,29,30)/b20-12-. The smallest absolute Gasteiger partial charge is 0.262 e. The van der Waals surface area contributed by atoms with E-state index in [1.807, 2.05) is 36.4 Å². The highest BCUT2D eigenvalue weighted by molar-refractivity contribution is 14.1. The van der Waals surface area contributed by atoms with Gasteiger partial charge in [0.1, 0.15) is 35.6 Å². The van der Waals surface area contributed by atoms with Crippen LogP contribution < -0.4 is 14.8 Å². The molecule has 32 heavy (non-hydrogen) atoms. The van der Waals surface area contributed by atoms with Crippen LogP contribution in [0.3, 0.4) is 0 Å². The van der Waals surface area contributed by atoms with Crippen molar-refractivity contribution in [3.05, 3.63) is 98.4 Å². The molecule has 1 N–H and O–H groups in total. The Morgan fingerprint density at radius 2 is 1.78 bits per heavy atom. The van der Waals surface area contributed by atoms with E-state index in [-0.39, 0.29) is 11.4 Å². The predicted octanol–water partition coefficient (Wildman–Crippen LogP) is 5.24. The summed E-state index contributed by atoms with van der Waals surface area (Å²) >= 11 is 2.13. The molecule has 0 bridgehead atoms. The number of nitriles is 1. The van der Waals surface area contributed by atoms with Crippen LogP contribution in [-0.2, 0) is 17.9 Å². The van der Waals surface area contributed by atoms with E-state index in [0.29, 0.717) is 24.5 Å². The Labute approximate surface area is 199 Å². The fourth-order valence-electron chi connectivity index (χ4n) is 2.80. The van der Waals surface area contributed by atoms with Gasteiger partial charge in [-0.25, -0.2) is 4.39 Å². The third-order valence-electron chi connectivity index (χ3n) is 4.55. The highest BCUT2D eigenvalue weighted by atomic mass is 127. The molecule has 0 atom stereocenters. The van der Waals surface area contributed by atoms with Gasteiger partial charge in [0.05, 0.1) is 10.7 Å². The van der Waals surface area contributed by atoms with Crippen LogP contribution in [0.4, 0.5) is 4.39 Å². The molecule has 0 aliphatic rings. The molecule has 0 aliphatic carbocycles. The summed E-state index contributed by atoms with van der Waals surface area (Å²) in [6.07, 6.45) is 1.54. The molecule has 5 nitrogen and oxygen atoms in total. The molecule has 3 rings (SSSR count). The zero-order chi connectivity index (χ0) is 22.9. The van der Waals surface area contributed by atoms with Gasteiger partial charge in [-0.2, -0.15) is 5.26 Å². The van der Waals surface area contributed by atoms with Gasteiger partial charge in [-0.05, 0) is 81.8 Å². The lowest BCUT2D eigenvalue weighted by molar-refractivity contribution is -0.117. The van der Waals surface area contributed by atoms with Gasteiger partial charge in [-0.15, -0.1) is 0 Å². The third-order valence-corrected chi connectivity index (χ3v) is 5.39. The van der Waals surface area contributed by atoms with Crippen LogP contribution in [0.5, 0.6) is 11.5 Å². The first-order valence-corrected chi connectivity index (χ1v) is 10.8. The summed E-state index contributed by atoms with van der Waals surface area (Å²) in [4.78, 5) is 12.4. The number of nitrogens with one attached hydrogen (secondary N) is 1. The minimum atomic E-state index is -0.449. The molecule has 162 valence electrons. The van der Waals surface area contributed by atoms with E-state index in [0.717, 1.165) is 20.4 Å². The fraction of sp³-hybridized carbons (Fsp3) is 0.120. The lowest BCUT2D eigenvalue weighted by Crippen LogP contribution is -2.23. The molecule has 0 spiro atoms. The van der Waals surface area contributed by atoms with Gasteiger partial charge in [0, 0.05) is 6.54 Å². The maximum absolute atomic E-state index is 13.0. The molecule has 7 heteroatoms. The third kappa shape index (κ3) is 6.56. The number of methoxy groups -OCH3 is 1. The van der Waals surface area contributed by atoms with Crippen molar-refractivity contribution in [3.63, 3.8) is 0 Å². The first kappa shape index (κ1) is 23.3. The quantitative estimate of drug-likeness (QED) is 0.240. The monoisotopic (exact) mass is 542 g/mol. The molecule has 0 aromatic heterocycles. The SMILES string of the molecule is COc1ccc(CNC(=O)/C(C#N)=C\c2ccc(OCc3ccc(F)cc3)c(I)c2)cc1. The van der Waals surface area contributed by atoms with Crippen LogP contribution >= 0.6 is 22.6 Å². The molecule has 0 fully saturated rings. The Balaban J connectivity index is 1.62. The van der Waals surface area contributed by atoms with E-state index in [1.165, 1.54) is 18.2 Å². The lowest BCUT2D eigenvalue weighted by atomic mass is 10.1. The van der Waals surface area contributed by atoms with Gasteiger partial charge in [0.25, 0.3) is 5.91 Å². The van der Waals surface area contributed by atoms with E-state index in [1.54, 1.807) is 31.4 Å². The number of carbonyl (C=O) groups is 1. The van der Waals surface area contributed by atoms with Crippen LogP contribution in [0.25, 0.3) is 6.08 Å². The summed E-state index contributed by atoms with van der Waals surface area (Å²) in [6.45, 7) is 0.609. The van der Waals surface area contributed by atoms with E-state index in [9.17, 15) is 14.4 Å². The first-order chi connectivity index (χ1) is 15.5. The number of rotatable bonds is 8. The minimum absolute atomic E-state index is 0.00860. The Bertz CT molecular complexity index is 1150. The van der Waals surface area contributed by atoms with Gasteiger partial charge in [0.2, 0.25) is 0 Å². The Kier molecular flexibility index (Phi) is 8.22. The molecule has 0 radical (unpaired) electrons. The Morgan fingerprint density at radius 3 is 2.41 bits per heavy atom. The average molecular weight is 542 g/mol. The van der Waals surface area contributed by atoms with Crippen LogP contribution in [0.15, 0.2) is 72.3 Å². The maximum Gasteiger partial charge on any atom is 0.262 e. The number of amides is 1. The normalized spacial score (nSPS) is 10.9. The molecule has 3 aromatic rings. The summed E-state index contributed by atoms with van der Waals surface area (Å²) in [5.41, 5.74) is 2.47. The van der Waals surface area contributed by atoms with Crippen molar-refractivity contribution in [2.45, 2.75) is 13.2 Å². The number of hydrogen-bond acceptors (Lipinski definition) is 4. The van der Waals surface area contributed by atoms with E-state index < -0.39 is 5.91 Å². The van der Waals surface area contributed by atoms with Crippen molar-refractivity contribution >= 4 is 34.6 Å². The maximum atomic E-state index is 13.0. The summed E-state index contributed by atoms with van der Waals surface area (Å²) in [5.74, 6) is 0.655. The van der Waals surface area contributed by atoms with Gasteiger partial charge in [-0.1, -0.05) is 30.3 Å². The summed E-state index contributed by atoms with van der Waals surface area (Å²) < 4.78 is 24.7. The zero-order valence-corrected chi connectivity index (χ0v) is 19.4. The number of halogens is 2. The first-order valence-electron chi connectivity index (χ1n) is 9.68. The molecule has 0 unspecified atom stereocenters. The summed E-state index contributed by atoms with van der Waals surface area (Å²) in [5, 5.41) is 12.2. The lowest BCUT2D eigenvalue weighted by Gasteiger charge is -2.09. The molecule has 0 heterocycles. The molecule has 0 aliphatic heterocycles. The molecule has 0 saturated carbocycles. The second kappa shape index (κ2) is 11.3. The van der Waals surface area contributed by atoms with E-state index >= 15 is 0 Å². The van der Waals surface area contributed by atoms with Crippen molar-refractivity contribution in [3.8, 4) is 17.6 Å². The van der Waals surface area contributed by atoms with Gasteiger partial charge in [0.15, 0.2) is 0 Å². The van der Waals surface area contributed by atoms with Crippen molar-refractivity contribution in [1.29, 1.82) is 5.26 Å². The van der Waals surface area contributed by atoms with Crippen molar-refractivity contribution in [1.82, 2.24) is 5.32 Å². The van der Waals surface area contributed by atoms with Crippen molar-refractivity contribution in [2.24, 2.45) is 0 Å². The topological polar surface area (TPSA) is 71.3 Å². The van der Waals surface area contributed by atoms with Gasteiger partial charge in [-0.3, -0.25) is 4.79 Å². The number of nitrogens with zero attached hydrogens (tertiary/aromatic N) is 1. The average Bonchev–Trinajstić information content (AvgIpc) is 2.81. The number of carbonyl (C=O) groups excluding carboxylic acids is 1. The zero-order valence-electron chi connectivity index (χ0n) is 17.3. The van der Waals surface area contributed by atoms with Gasteiger partial charge >= 0.3 is 0 Å². The molecular weight excluding hydrogens is 522 g/mol. The molecule has 1 amide bonds. The Morgan fingerprint density at radius 1 is 1.09 bits per heavy atom. The number of ether oxygens (including phenoxy) is 2. The molecule has 3 aromatic carbocycles. The van der Waals surface area contributed by atoms with Crippen LogP contribution in [-0.4, -0.2) is 13.0 Å². The van der Waals surface area contributed by atoms with E-state index in [2.05, 4.69) is 27.9 Å². The van der Waals surface area contributed by atoms with E-state index in [4.69, 9.17) is 9.47 Å². The highest BCUT2D eigenvalue weighted by Gasteiger charge is 2.10.